The van der Waals surface area contributed by atoms with Gasteiger partial charge in [-0.2, -0.15) is 5.10 Å². The van der Waals surface area contributed by atoms with Crippen molar-refractivity contribution in [3.63, 3.8) is 0 Å². The summed E-state index contributed by atoms with van der Waals surface area (Å²) in [4.78, 5) is 15.3. The molecule has 1 fully saturated rings. The van der Waals surface area contributed by atoms with E-state index in [0.717, 1.165) is 48.9 Å². The zero-order chi connectivity index (χ0) is 21.5. The number of halogens is 3. The number of fused-ring (bicyclic) bond motifs is 1. The van der Waals surface area contributed by atoms with Crippen molar-refractivity contribution in [2.45, 2.75) is 38.1 Å². The maximum absolute atomic E-state index is 13.2. The van der Waals surface area contributed by atoms with Gasteiger partial charge in [-0.25, -0.2) is 0 Å². The van der Waals surface area contributed by atoms with E-state index in [-0.39, 0.29) is 17.9 Å². The highest BCUT2D eigenvalue weighted by atomic mass is 35.5. The molecule has 31 heavy (non-hydrogen) atoms. The summed E-state index contributed by atoms with van der Waals surface area (Å²) in [7, 11) is 0. The maximum atomic E-state index is 13.2. The SMILES string of the molecule is O=C1C(Cc2c(Cl)cc(-c3ccc(Cl)cc3)cc2Cl)CCN1C1CCc2[nH]ncc2C1. The molecule has 2 atom stereocenters. The first kappa shape index (κ1) is 20.9. The summed E-state index contributed by atoms with van der Waals surface area (Å²) in [5.41, 5.74) is 5.23. The predicted octanol–water partition coefficient (Wildman–Crippen LogP) is 5.99. The van der Waals surface area contributed by atoms with Crippen molar-refractivity contribution in [1.29, 1.82) is 0 Å². The van der Waals surface area contributed by atoms with E-state index in [1.807, 2.05) is 42.6 Å². The second kappa shape index (κ2) is 8.50. The minimum Gasteiger partial charge on any atom is -0.339 e. The third-order valence-corrected chi connectivity index (χ3v) is 7.48. The summed E-state index contributed by atoms with van der Waals surface area (Å²) in [6, 6.07) is 11.7. The summed E-state index contributed by atoms with van der Waals surface area (Å²) in [5, 5.41) is 9.09. The van der Waals surface area contributed by atoms with Crippen molar-refractivity contribution in [3.8, 4) is 11.1 Å². The zero-order valence-electron chi connectivity index (χ0n) is 16.9. The Labute approximate surface area is 196 Å². The van der Waals surface area contributed by atoms with Crippen molar-refractivity contribution in [2.24, 2.45) is 5.92 Å². The number of nitrogens with zero attached hydrogens (tertiary/aromatic N) is 2. The first-order chi connectivity index (χ1) is 15.0. The van der Waals surface area contributed by atoms with E-state index in [1.165, 1.54) is 11.3 Å². The van der Waals surface area contributed by atoms with Gasteiger partial charge in [-0.15, -0.1) is 0 Å². The summed E-state index contributed by atoms with van der Waals surface area (Å²) in [6.45, 7) is 0.791. The van der Waals surface area contributed by atoms with Gasteiger partial charge in [-0.05, 0) is 78.6 Å². The lowest BCUT2D eigenvalue weighted by atomic mass is 9.92. The lowest BCUT2D eigenvalue weighted by Crippen LogP contribution is -2.41. The Morgan fingerprint density at radius 3 is 2.52 bits per heavy atom. The van der Waals surface area contributed by atoms with Crippen LogP contribution in [0.25, 0.3) is 11.1 Å². The predicted molar refractivity (Wildman–Crippen MR) is 125 cm³/mol. The molecule has 0 radical (unpaired) electrons. The largest absolute Gasteiger partial charge is 0.339 e. The van der Waals surface area contributed by atoms with Gasteiger partial charge in [0.2, 0.25) is 5.91 Å². The number of rotatable bonds is 4. The fraction of sp³-hybridized carbons (Fsp3) is 0.333. The average molecular weight is 475 g/mol. The number of aromatic amines is 1. The van der Waals surface area contributed by atoms with Crippen molar-refractivity contribution in [2.75, 3.05) is 6.54 Å². The number of carbonyl (C=O) groups is 1. The van der Waals surface area contributed by atoms with Crippen molar-refractivity contribution >= 4 is 40.7 Å². The Hall–Kier alpha value is -2.01. The Morgan fingerprint density at radius 2 is 1.77 bits per heavy atom. The lowest BCUT2D eigenvalue weighted by molar-refractivity contribution is -0.133. The molecule has 2 aliphatic rings. The number of nitrogens with one attached hydrogen (secondary N) is 1. The molecule has 3 aromatic rings. The number of hydrogen-bond donors (Lipinski definition) is 1. The van der Waals surface area contributed by atoms with E-state index < -0.39 is 0 Å². The van der Waals surface area contributed by atoms with Crippen LogP contribution in [0.4, 0.5) is 0 Å². The second-order valence-corrected chi connectivity index (χ2v) is 9.67. The van der Waals surface area contributed by atoms with Crippen LogP contribution in [0.15, 0.2) is 42.6 Å². The van der Waals surface area contributed by atoms with Gasteiger partial charge in [0.15, 0.2) is 0 Å². The van der Waals surface area contributed by atoms with Crippen LogP contribution in [0.2, 0.25) is 15.1 Å². The average Bonchev–Trinajstić information content (AvgIpc) is 3.37. The molecule has 160 valence electrons. The minimum absolute atomic E-state index is 0.0814. The molecule has 2 heterocycles. The first-order valence-corrected chi connectivity index (χ1v) is 11.7. The molecule has 7 heteroatoms. The fourth-order valence-corrected chi connectivity index (χ4v) is 5.60. The molecule has 0 spiro atoms. The monoisotopic (exact) mass is 473 g/mol. The number of aryl methyl sites for hydroxylation is 1. The minimum atomic E-state index is -0.0814. The van der Waals surface area contributed by atoms with Gasteiger partial charge in [0.05, 0.1) is 6.20 Å². The smallest absolute Gasteiger partial charge is 0.226 e. The Kier molecular flexibility index (Phi) is 5.72. The number of benzene rings is 2. The number of amides is 1. The third kappa shape index (κ3) is 4.09. The van der Waals surface area contributed by atoms with Crippen LogP contribution in [0.3, 0.4) is 0 Å². The van der Waals surface area contributed by atoms with Crippen molar-refractivity contribution in [3.05, 3.63) is 74.5 Å². The molecule has 1 aliphatic carbocycles. The molecule has 1 N–H and O–H groups in total. The van der Waals surface area contributed by atoms with Crippen LogP contribution in [0.5, 0.6) is 0 Å². The quantitative estimate of drug-likeness (QED) is 0.505. The number of aromatic nitrogens is 2. The number of hydrogen-bond acceptors (Lipinski definition) is 2. The third-order valence-electron chi connectivity index (χ3n) is 6.55. The normalized spacial score (nSPS) is 20.9. The molecule has 1 aliphatic heterocycles. The highest BCUT2D eigenvalue weighted by Crippen LogP contribution is 2.36. The van der Waals surface area contributed by atoms with Gasteiger partial charge < -0.3 is 4.90 Å². The van der Waals surface area contributed by atoms with E-state index in [0.29, 0.717) is 21.5 Å². The molecule has 1 aromatic heterocycles. The molecule has 2 aromatic carbocycles. The molecule has 1 saturated heterocycles. The fourth-order valence-electron chi connectivity index (χ4n) is 4.83. The molecular weight excluding hydrogens is 453 g/mol. The van der Waals surface area contributed by atoms with Crippen molar-refractivity contribution in [1.82, 2.24) is 15.1 Å². The summed E-state index contributed by atoms with van der Waals surface area (Å²) in [6.07, 6.45) is 6.09. The number of likely N-dealkylation sites (tertiary alicyclic amines) is 1. The van der Waals surface area contributed by atoms with Crippen LogP contribution in [-0.2, 0) is 24.1 Å². The van der Waals surface area contributed by atoms with Crippen LogP contribution in [0.1, 0.15) is 29.7 Å². The van der Waals surface area contributed by atoms with Gasteiger partial charge in [-0.3, -0.25) is 9.89 Å². The van der Waals surface area contributed by atoms with E-state index in [2.05, 4.69) is 15.1 Å². The molecule has 0 saturated carbocycles. The zero-order valence-corrected chi connectivity index (χ0v) is 19.1. The van der Waals surface area contributed by atoms with Gasteiger partial charge >= 0.3 is 0 Å². The van der Waals surface area contributed by atoms with Crippen LogP contribution in [-0.4, -0.2) is 33.6 Å². The highest BCUT2D eigenvalue weighted by molar-refractivity contribution is 6.36. The molecule has 1 amide bonds. The van der Waals surface area contributed by atoms with Gasteiger partial charge in [0.1, 0.15) is 0 Å². The van der Waals surface area contributed by atoms with Gasteiger partial charge in [0.25, 0.3) is 0 Å². The van der Waals surface area contributed by atoms with Crippen molar-refractivity contribution < 1.29 is 4.79 Å². The van der Waals surface area contributed by atoms with Gasteiger partial charge in [0, 0.05) is 39.3 Å². The van der Waals surface area contributed by atoms with E-state index in [4.69, 9.17) is 34.8 Å². The Morgan fingerprint density at radius 1 is 1.03 bits per heavy atom. The summed E-state index contributed by atoms with van der Waals surface area (Å²) in [5.74, 6) is 0.132. The van der Waals surface area contributed by atoms with E-state index in [9.17, 15) is 4.79 Å². The Bertz CT molecular complexity index is 1100. The maximum Gasteiger partial charge on any atom is 0.226 e. The molecule has 5 rings (SSSR count). The topological polar surface area (TPSA) is 49.0 Å². The standard InChI is InChI=1S/C24H22Cl3N3O/c25-18-3-1-14(2-4-18)16-11-21(26)20(22(27)12-16)10-15-7-8-30(24(15)31)19-5-6-23-17(9-19)13-28-29-23/h1-4,11-13,15,19H,5-10H2,(H,28,29). The summed E-state index contributed by atoms with van der Waals surface area (Å²) >= 11 is 19.2. The number of H-pyrrole nitrogens is 1. The second-order valence-electron chi connectivity index (χ2n) is 8.42. The molecule has 0 bridgehead atoms. The molecule has 4 nitrogen and oxygen atoms in total. The van der Waals surface area contributed by atoms with E-state index >= 15 is 0 Å². The first-order valence-electron chi connectivity index (χ1n) is 10.5. The van der Waals surface area contributed by atoms with E-state index in [1.54, 1.807) is 0 Å². The summed E-state index contributed by atoms with van der Waals surface area (Å²) < 4.78 is 0. The number of carbonyl (C=O) groups excluding carboxylic acids is 1. The lowest BCUT2D eigenvalue weighted by Gasteiger charge is -2.31. The van der Waals surface area contributed by atoms with Crippen LogP contribution in [0, 0.1) is 5.92 Å². The van der Waals surface area contributed by atoms with Crippen LogP contribution >= 0.6 is 34.8 Å². The molecular formula is C24H22Cl3N3O. The van der Waals surface area contributed by atoms with Crippen LogP contribution < -0.4 is 0 Å². The van der Waals surface area contributed by atoms with Gasteiger partial charge in [-0.1, -0.05) is 46.9 Å². The molecule has 2 unspecified atom stereocenters. The highest BCUT2D eigenvalue weighted by Gasteiger charge is 2.37. The Balaban J connectivity index is 1.31.